The van der Waals surface area contributed by atoms with Crippen LogP contribution in [-0.2, 0) is 17.6 Å². The Morgan fingerprint density at radius 2 is 2.35 bits per heavy atom. The topological polar surface area (TPSA) is 63.1 Å². The van der Waals surface area contributed by atoms with E-state index in [0.29, 0.717) is 0 Å². The van der Waals surface area contributed by atoms with Gasteiger partial charge in [0, 0.05) is 10.3 Å². The second-order valence-electron chi connectivity index (χ2n) is 5.31. The molecule has 0 aliphatic heterocycles. The summed E-state index contributed by atoms with van der Waals surface area (Å²) >= 11 is 3.06. The van der Waals surface area contributed by atoms with Gasteiger partial charge in [-0.05, 0) is 37.7 Å². The van der Waals surface area contributed by atoms with E-state index in [2.05, 4.69) is 16.9 Å². The van der Waals surface area contributed by atoms with Crippen molar-refractivity contribution in [3.8, 4) is 0 Å². The molecular weight excluding hydrogens is 292 g/mol. The van der Waals surface area contributed by atoms with Gasteiger partial charge in [-0.3, -0.25) is 4.79 Å². The summed E-state index contributed by atoms with van der Waals surface area (Å²) in [5.74, 6) is -0.0861. The lowest BCUT2D eigenvalue weighted by Gasteiger charge is -2.18. The zero-order valence-corrected chi connectivity index (χ0v) is 13.1. The summed E-state index contributed by atoms with van der Waals surface area (Å²) in [5, 5.41) is 10.5. The molecule has 0 fully saturated rings. The van der Waals surface area contributed by atoms with E-state index < -0.39 is 11.2 Å². The van der Waals surface area contributed by atoms with E-state index >= 15 is 0 Å². The SMILES string of the molecule is C[C@@H]1CCc2c(sc3ncnc(S[C@@H](C)C(=O)O)c23)C1. The molecule has 0 aromatic carbocycles. The van der Waals surface area contributed by atoms with Crippen LogP contribution in [0.3, 0.4) is 0 Å². The molecule has 0 spiro atoms. The fourth-order valence-electron chi connectivity index (χ4n) is 2.55. The molecule has 20 heavy (non-hydrogen) atoms. The Balaban J connectivity index is 2.07. The number of aliphatic carboxylic acids is 1. The number of fused-ring (bicyclic) bond motifs is 3. The van der Waals surface area contributed by atoms with E-state index in [-0.39, 0.29) is 0 Å². The molecule has 106 valence electrons. The molecule has 4 nitrogen and oxygen atoms in total. The van der Waals surface area contributed by atoms with Crippen molar-refractivity contribution in [2.75, 3.05) is 0 Å². The van der Waals surface area contributed by atoms with E-state index in [0.717, 1.165) is 34.0 Å². The maximum absolute atomic E-state index is 11.0. The molecule has 0 amide bonds. The normalized spacial score (nSPS) is 19.8. The van der Waals surface area contributed by atoms with E-state index in [9.17, 15) is 4.79 Å². The number of carboxylic acids is 1. The molecule has 1 aliphatic carbocycles. The summed E-state index contributed by atoms with van der Waals surface area (Å²) in [6.07, 6.45) is 4.89. The third-order valence-electron chi connectivity index (χ3n) is 3.69. The predicted octanol–water partition coefficient (Wildman–Crippen LogP) is 3.38. The largest absolute Gasteiger partial charge is 0.480 e. The van der Waals surface area contributed by atoms with Crippen molar-refractivity contribution in [3.05, 3.63) is 16.8 Å². The van der Waals surface area contributed by atoms with Crippen LogP contribution in [0.5, 0.6) is 0 Å². The molecule has 3 rings (SSSR count). The van der Waals surface area contributed by atoms with Crippen molar-refractivity contribution in [3.63, 3.8) is 0 Å². The first-order valence-electron chi connectivity index (χ1n) is 6.71. The van der Waals surface area contributed by atoms with Gasteiger partial charge in [0.05, 0.1) is 0 Å². The van der Waals surface area contributed by atoms with Gasteiger partial charge >= 0.3 is 5.97 Å². The van der Waals surface area contributed by atoms with Gasteiger partial charge < -0.3 is 5.11 Å². The van der Waals surface area contributed by atoms with Gasteiger partial charge in [-0.15, -0.1) is 11.3 Å². The minimum Gasteiger partial charge on any atom is -0.480 e. The second-order valence-corrected chi connectivity index (χ2v) is 7.72. The van der Waals surface area contributed by atoms with Crippen LogP contribution in [0.15, 0.2) is 11.4 Å². The van der Waals surface area contributed by atoms with Gasteiger partial charge in [-0.1, -0.05) is 18.7 Å². The third kappa shape index (κ3) is 2.42. The summed E-state index contributed by atoms with van der Waals surface area (Å²) in [7, 11) is 0. The molecule has 2 aromatic heterocycles. The van der Waals surface area contributed by atoms with E-state index in [1.165, 1.54) is 28.6 Å². The molecule has 1 N–H and O–H groups in total. The van der Waals surface area contributed by atoms with Crippen molar-refractivity contribution >= 4 is 39.3 Å². The lowest BCUT2D eigenvalue weighted by molar-refractivity contribution is -0.136. The van der Waals surface area contributed by atoms with Crippen molar-refractivity contribution in [1.82, 2.24) is 9.97 Å². The van der Waals surface area contributed by atoms with Gasteiger partial charge in [-0.2, -0.15) is 0 Å². The summed E-state index contributed by atoms with van der Waals surface area (Å²) in [6.45, 7) is 3.98. The van der Waals surface area contributed by atoms with Crippen LogP contribution in [0.1, 0.15) is 30.7 Å². The molecule has 1 aliphatic rings. The van der Waals surface area contributed by atoms with Crippen molar-refractivity contribution < 1.29 is 9.90 Å². The van der Waals surface area contributed by atoms with Crippen LogP contribution >= 0.6 is 23.1 Å². The number of rotatable bonds is 3. The number of thiophene rings is 1. The van der Waals surface area contributed by atoms with E-state index in [1.807, 2.05) is 0 Å². The van der Waals surface area contributed by atoms with Gasteiger partial charge in [0.25, 0.3) is 0 Å². The van der Waals surface area contributed by atoms with Gasteiger partial charge in [-0.25, -0.2) is 9.97 Å². The van der Waals surface area contributed by atoms with Crippen LogP contribution in [-0.4, -0.2) is 26.3 Å². The fourth-order valence-corrected chi connectivity index (χ4v) is 4.85. The number of hydrogen-bond donors (Lipinski definition) is 1. The molecule has 0 saturated carbocycles. The first-order chi connectivity index (χ1) is 9.56. The smallest absolute Gasteiger partial charge is 0.316 e. The Labute approximate surface area is 125 Å². The highest BCUT2D eigenvalue weighted by Gasteiger charge is 2.24. The highest BCUT2D eigenvalue weighted by Crippen LogP contribution is 2.41. The monoisotopic (exact) mass is 308 g/mol. The summed E-state index contributed by atoms with van der Waals surface area (Å²) < 4.78 is 0. The highest BCUT2D eigenvalue weighted by molar-refractivity contribution is 8.00. The number of aromatic nitrogens is 2. The van der Waals surface area contributed by atoms with E-state index in [4.69, 9.17) is 5.11 Å². The Kier molecular flexibility index (Phi) is 3.69. The lowest BCUT2D eigenvalue weighted by Crippen LogP contribution is -2.12. The highest BCUT2D eigenvalue weighted by atomic mass is 32.2. The molecular formula is C14H16N2O2S2. The standard InChI is InChI=1S/C14H16N2O2S2/c1-7-3-4-9-10(5-7)20-13-11(9)12(15-6-16-13)19-8(2)14(17)18/h6-8H,3-5H2,1-2H3,(H,17,18)/t7-,8+/m1/s1. The zero-order valence-electron chi connectivity index (χ0n) is 11.4. The van der Waals surface area contributed by atoms with Gasteiger partial charge in [0.2, 0.25) is 0 Å². The van der Waals surface area contributed by atoms with Crippen LogP contribution in [0.25, 0.3) is 10.2 Å². The number of aryl methyl sites for hydroxylation is 1. The molecule has 2 aromatic rings. The molecule has 0 bridgehead atoms. The van der Waals surface area contributed by atoms with Crippen LogP contribution in [0, 0.1) is 5.92 Å². The lowest BCUT2D eigenvalue weighted by atomic mass is 9.89. The molecule has 0 saturated heterocycles. The Hall–Kier alpha value is -1.14. The van der Waals surface area contributed by atoms with Crippen molar-refractivity contribution in [2.24, 2.45) is 5.92 Å². The molecule has 0 unspecified atom stereocenters. The fraction of sp³-hybridized carbons (Fsp3) is 0.500. The number of hydrogen-bond acceptors (Lipinski definition) is 5. The average molecular weight is 308 g/mol. The van der Waals surface area contributed by atoms with Crippen LogP contribution in [0.2, 0.25) is 0 Å². The maximum Gasteiger partial charge on any atom is 0.316 e. The summed E-state index contributed by atoms with van der Waals surface area (Å²) in [5.41, 5.74) is 1.35. The second kappa shape index (κ2) is 5.33. The Morgan fingerprint density at radius 3 is 3.10 bits per heavy atom. The van der Waals surface area contributed by atoms with Crippen LogP contribution < -0.4 is 0 Å². The third-order valence-corrected chi connectivity index (χ3v) is 5.94. The molecule has 2 heterocycles. The summed E-state index contributed by atoms with van der Waals surface area (Å²) in [4.78, 5) is 22.1. The molecule has 0 radical (unpaired) electrons. The first-order valence-corrected chi connectivity index (χ1v) is 8.40. The quantitative estimate of drug-likeness (QED) is 0.695. The predicted molar refractivity (Wildman–Crippen MR) is 81.6 cm³/mol. The van der Waals surface area contributed by atoms with Gasteiger partial charge in [0.15, 0.2) is 0 Å². The first kappa shape index (κ1) is 13.8. The zero-order chi connectivity index (χ0) is 14.3. The van der Waals surface area contributed by atoms with Gasteiger partial charge in [0.1, 0.15) is 21.4 Å². The molecule has 2 atom stereocenters. The minimum atomic E-state index is -0.806. The number of carboxylic acid groups (broad SMARTS) is 1. The summed E-state index contributed by atoms with van der Waals surface area (Å²) in [6, 6.07) is 0. The number of thioether (sulfide) groups is 1. The maximum atomic E-state index is 11.0. The number of carbonyl (C=O) groups is 1. The average Bonchev–Trinajstić information content (AvgIpc) is 2.76. The number of nitrogens with zero attached hydrogens (tertiary/aromatic N) is 2. The Bertz CT molecular complexity index is 668. The van der Waals surface area contributed by atoms with Crippen LogP contribution in [0.4, 0.5) is 0 Å². The molecule has 6 heteroatoms. The van der Waals surface area contributed by atoms with Crippen molar-refractivity contribution in [2.45, 2.75) is 43.4 Å². The minimum absolute atomic E-state index is 0.494. The Morgan fingerprint density at radius 1 is 1.55 bits per heavy atom. The van der Waals surface area contributed by atoms with Crippen molar-refractivity contribution in [1.29, 1.82) is 0 Å². The van der Waals surface area contributed by atoms with E-state index in [1.54, 1.807) is 24.6 Å².